The number of aryl methyl sites for hydroxylation is 1. The number of carbonyl (C=O) groups excluding carboxylic acids is 2. The summed E-state index contributed by atoms with van der Waals surface area (Å²) in [7, 11) is 1.24. The largest absolute Gasteiger partial charge is 0.507 e. The molecular weight excluding hydrogens is 482 g/mol. The number of ether oxygens (including phenoxy) is 3. The van der Waals surface area contributed by atoms with E-state index in [0.29, 0.717) is 12.1 Å². The number of methoxy groups -OCH3 is 1. The first-order valence-corrected chi connectivity index (χ1v) is 11.6. The van der Waals surface area contributed by atoms with Crippen molar-refractivity contribution in [1.29, 1.82) is 0 Å². The number of nitrogens with zero attached hydrogens (tertiary/aromatic N) is 1. The second-order valence-electron chi connectivity index (χ2n) is 8.61. The lowest BCUT2D eigenvalue weighted by molar-refractivity contribution is 0.0597. The fourth-order valence-electron chi connectivity index (χ4n) is 4.10. The zero-order valence-corrected chi connectivity index (χ0v) is 21.1. The third-order valence-electron chi connectivity index (χ3n) is 6.21. The summed E-state index contributed by atoms with van der Waals surface area (Å²) in [5.41, 5.74) is 2.58. The number of rotatable bonds is 10. The van der Waals surface area contributed by atoms with E-state index in [1.165, 1.54) is 25.3 Å². The molecule has 1 heterocycles. The van der Waals surface area contributed by atoms with E-state index in [1.54, 1.807) is 0 Å². The molecule has 1 aliphatic heterocycles. The molecule has 190 valence electrons. The van der Waals surface area contributed by atoms with Gasteiger partial charge in [0.25, 0.3) is 0 Å². The molecule has 8 heteroatoms. The molecular formula is C28H30ClNO6. The highest BCUT2D eigenvalue weighted by Crippen LogP contribution is 2.33. The molecule has 1 atom stereocenters. The van der Waals surface area contributed by atoms with Crippen molar-refractivity contribution in [2.45, 2.75) is 32.4 Å². The van der Waals surface area contributed by atoms with Gasteiger partial charge in [-0.1, -0.05) is 36.4 Å². The molecule has 1 aliphatic rings. The summed E-state index contributed by atoms with van der Waals surface area (Å²) in [4.78, 5) is 27.3. The smallest absolute Gasteiger partial charge is 0.341 e. The molecule has 0 radical (unpaired) electrons. The Morgan fingerprint density at radius 2 is 1.75 bits per heavy atom. The number of aromatic hydroxyl groups is 1. The molecule has 3 aromatic carbocycles. The van der Waals surface area contributed by atoms with E-state index in [0.717, 1.165) is 35.5 Å². The fourth-order valence-corrected chi connectivity index (χ4v) is 4.10. The molecule has 0 aromatic heterocycles. The second kappa shape index (κ2) is 12.4. The molecule has 1 N–H and O–H groups in total. The first-order chi connectivity index (χ1) is 16.9. The Kier molecular flexibility index (Phi) is 9.33. The Morgan fingerprint density at radius 1 is 1.00 bits per heavy atom. The Morgan fingerprint density at radius 3 is 2.50 bits per heavy atom. The van der Waals surface area contributed by atoms with Gasteiger partial charge < -0.3 is 19.3 Å². The molecule has 3 aromatic rings. The summed E-state index contributed by atoms with van der Waals surface area (Å²) >= 11 is 0. The van der Waals surface area contributed by atoms with Crippen LogP contribution in [0.25, 0.3) is 0 Å². The maximum atomic E-state index is 13.2. The first-order valence-electron chi connectivity index (χ1n) is 11.6. The van der Waals surface area contributed by atoms with Gasteiger partial charge >= 0.3 is 5.97 Å². The highest BCUT2D eigenvalue weighted by molar-refractivity contribution is 6.01. The van der Waals surface area contributed by atoms with Crippen LogP contribution in [0.4, 0.5) is 0 Å². The Bertz CT molecular complexity index is 1200. The molecule has 36 heavy (non-hydrogen) atoms. The standard InChI is InChI=1S/C28H29NO6.ClH/c1-19(8-9-20-10-13-26-27(14-20)35-18-34-26)29(16-21-6-4-3-5-7-21)17-25(31)22-11-12-24(30)23(15-22)28(32)33-2;/h3-7,10-15,19,30H,8-9,16-18H2,1-2H3;1H. The van der Waals surface area contributed by atoms with Gasteiger partial charge in [-0.05, 0) is 61.2 Å². The molecule has 0 amide bonds. The average molecular weight is 512 g/mol. The van der Waals surface area contributed by atoms with Crippen LogP contribution in [0.15, 0.2) is 66.7 Å². The van der Waals surface area contributed by atoms with Gasteiger partial charge in [0, 0.05) is 18.2 Å². The number of hydrogen-bond acceptors (Lipinski definition) is 7. The maximum Gasteiger partial charge on any atom is 0.341 e. The lowest BCUT2D eigenvalue weighted by Crippen LogP contribution is -2.37. The molecule has 0 aliphatic carbocycles. The summed E-state index contributed by atoms with van der Waals surface area (Å²) in [6.45, 7) is 3.14. The van der Waals surface area contributed by atoms with Crippen molar-refractivity contribution < 1.29 is 28.9 Å². The normalized spacial score (nSPS) is 12.6. The molecule has 7 nitrogen and oxygen atoms in total. The molecule has 0 fully saturated rings. The van der Waals surface area contributed by atoms with Gasteiger partial charge in [-0.3, -0.25) is 9.69 Å². The summed E-state index contributed by atoms with van der Waals surface area (Å²) in [5.74, 6) is 0.488. The number of Topliss-reactive ketones (excluding diaryl/α,β-unsaturated/α-hetero) is 1. The lowest BCUT2D eigenvalue weighted by Gasteiger charge is -2.29. The first kappa shape index (κ1) is 27.0. The van der Waals surface area contributed by atoms with E-state index in [-0.39, 0.29) is 48.9 Å². The number of phenols is 1. The van der Waals surface area contributed by atoms with Crippen LogP contribution >= 0.6 is 12.4 Å². The van der Waals surface area contributed by atoms with Crippen LogP contribution in [0.5, 0.6) is 17.2 Å². The topological polar surface area (TPSA) is 85.3 Å². The number of esters is 1. The Balaban J connectivity index is 0.00000361. The van der Waals surface area contributed by atoms with Gasteiger partial charge in [0.1, 0.15) is 11.3 Å². The molecule has 0 bridgehead atoms. The lowest BCUT2D eigenvalue weighted by atomic mass is 10.0. The molecule has 0 spiro atoms. The summed E-state index contributed by atoms with van der Waals surface area (Å²) < 4.78 is 15.6. The van der Waals surface area contributed by atoms with Gasteiger partial charge in [-0.15, -0.1) is 12.4 Å². The number of hydrogen-bond donors (Lipinski definition) is 1. The van der Waals surface area contributed by atoms with Crippen molar-refractivity contribution in [3.8, 4) is 17.2 Å². The van der Waals surface area contributed by atoms with E-state index in [2.05, 4.69) is 11.8 Å². The number of halogens is 1. The number of fused-ring (bicyclic) bond motifs is 1. The van der Waals surface area contributed by atoms with E-state index < -0.39 is 5.97 Å². The van der Waals surface area contributed by atoms with E-state index >= 15 is 0 Å². The Labute approximate surface area is 217 Å². The minimum Gasteiger partial charge on any atom is -0.507 e. The van der Waals surface area contributed by atoms with Crippen LogP contribution in [0.2, 0.25) is 0 Å². The highest BCUT2D eigenvalue weighted by Gasteiger charge is 2.21. The molecule has 0 saturated carbocycles. The van der Waals surface area contributed by atoms with E-state index in [1.807, 2.05) is 48.5 Å². The van der Waals surface area contributed by atoms with E-state index in [4.69, 9.17) is 14.2 Å². The van der Waals surface area contributed by atoms with Crippen LogP contribution in [0, 0.1) is 0 Å². The van der Waals surface area contributed by atoms with Crippen LogP contribution in [0.1, 0.15) is 45.2 Å². The minimum atomic E-state index is -0.685. The van der Waals surface area contributed by atoms with Crippen molar-refractivity contribution >= 4 is 24.2 Å². The van der Waals surface area contributed by atoms with Crippen molar-refractivity contribution in [3.05, 3.63) is 89.0 Å². The van der Waals surface area contributed by atoms with Crippen molar-refractivity contribution in [2.24, 2.45) is 0 Å². The SMILES string of the molecule is COC(=O)c1cc(C(=O)CN(Cc2ccccc2)C(C)CCc2ccc3c(c2)OCO3)ccc1O.Cl. The van der Waals surface area contributed by atoms with Gasteiger partial charge in [0.2, 0.25) is 6.79 Å². The maximum absolute atomic E-state index is 13.2. The summed E-state index contributed by atoms with van der Waals surface area (Å²) in [5, 5.41) is 9.98. The van der Waals surface area contributed by atoms with Crippen molar-refractivity contribution in [1.82, 2.24) is 4.90 Å². The zero-order chi connectivity index (χ0) is 24.8. The number of benzene rings is 3. The van der Waals surface area contributed by atoms with Crippen molar-refractivity contribution in [3.63, 3.8) is 0 Å². The monoisotopic (exact) mass is 511 g/mol. The zero-order valence-electron chi connectivity index (χ0n) is 20.3. The van der Waals surface area contributed by atoms with Crippen LogP contribution in [-0.4, -0.2) is 48.2 Å². The quantitative estimate of drug-likeness (QED) is 0.301. The van der Waals surface area contributed by atoms with Gasteiger partial charge in [0.15, 0.2) is 17.3 Å². The third kappa shape index (κ3) is 6.56. The molecule has 1 unspecified atom stereocenters. The van der Waals surface area contributed by atoms with Gasteiger partial charge in [-0.25, -0.2) is 4.79 Å². The third-order valence-corrected chi connectivity index (χ3v) is 6.21. The van der Waals surface area contributed by atoms with Gasteiger partial charge in [-0.2, -0.15) is 0 Å². The van der Waals surface area contributed by atoms with E-state index in [9.17, 15) is 14.7 Å². The number of phenolic OH excluding ortho intramolecular Hbond substituents is 1. The van der Waals surface area contributed by atoms with Crippen LogP contribution in [0.3, 0.4) is 0 Å². The van der Waals surface area contributed by atoms with Crippen LogP contribution < -0.4 is 9.47 Å². The fraction of sp³-hybridized carbons (Fsp3) is 0.286. The number of ketones is 1. The average Bonchev–Trinajstić information content (AvgIpc) is 3.35. The predicted octanol–water partition coefficient (Wildman–Crippen LogP) is 5.04. The molecule has 4 rings (SSSR count). The molecule has 0 saturated heterocycles. The summed E-state index contributed by atoms with van der Waals surface area (Å²) in [6, 6.07) is 20.4. The summed E-state index contributed by atoms with van der Waals surface area (Å²) in [6.07, 6.45) is 1.66. The predicted molar refractivity (Wildman–Crippen MR) is 138 cm³/mol. The van der Waals surface area contributed by atoms with Gasteiger partial charge in [0.05, 0.1) is 13.7 Å². The second-order valence-corrected chi connectivity index (χ2v) is 8.61. The highest BCUT2D eigenvalue weighted by atomic mass is 35.5. The van der Waals surface area contributed by atoms with Crippen molar-refractivity contribution in [2.75, 3.05) is 20.4 Å². The van der Waals surface area contributed by atoms with Crippen LogP contribution in [-0.2, 0) is 17.7 Å². The Hall–Kier alpha value is -3.55. The number of carbonyl (C=O) groups is 2. The minimum absolute atomic E-state index is 0.